The number of rotatable bonds is 11. The van der Waals surface area contributed by atoms with Gasteiger partial charge in [0.2, 0.25) is 0 Å². The minimum Gasteiger partial charge on any atom is -0.491 e. The van der Waals surface area contributed by atoms with Gasteiger partial charge in [0.1, 0.15) is 19.0 Å². The molecule has 1 rings (SSSR count). The van der Waals surface area contributed by atoms with Crippen LogP contribution < -0.4 is 4.74 Å². The van der Waals surface area contributed by atoms with Gasteiger partial charge >= 0.3 is 5.97 Å². The molecule has 0 unspecified atom stereocenters. The maximum atomic E-state index is 10.8. The number of esters is 1. The van der Waals surface area contributed by atoms with Crippen molar-refractivity contribution in [3.63, 3.8) is 0 Å². The highest BCUT2D eigenvalue weighted by molar-refractivity contribution is 5.68. The first-order valence-corrected chi connectivity index (χ1v) is 6.82. The van der Waals surface area contributed by atoms with Gasteiger partial charge in [-0.2, -0.15) is 0 Å². The molecule has 0 saturated carbocycles. The van der Waals surface area contributed by atoms with Crippen LogP contribution in [0.5, 0.6) is 5.75 Å². The van der Waals surface area contributed by atoms with Gasteiger partial charge in [0.25, 0.3) is 0 Å². The van der Waals surface area contributed by atoms with Gasteiger partial charge in [0.15, 0.2) is 0 Å². The zero-order valence-electron chi connectivity index (χ0n) is 11.9. The molecule has 20 heavy (non-hydrogen) atoms. The molecule has 0 bridgehead atoms. The number of benzene rings is 1. The number of carbonyl (C=O) groups excluding carboxylic acids is 1. The van der Waals surface area contributed by atoms with Crippen LogP contribution in [-0.4, -0.2) is 45.6 Å². The summed E-state index contributed by atoms with van der Waals surface area (Å²) in [6.45, 7) is 4.46. The quantitative estimate of drug-likeness (QED) is 0.459. The van der Waals surface area contributed by atoms with Gasteiger partial charge in [-0.15, -0.1) is 0 Å². The summed E-state index contributed by atoms with van der Waals surface area (Å²) in [4.78, 5) is 10.8. The Hall–Kier alpha value is -1.59. The zero-order chi connectivity index (χ0) is 14.5. The smallest absolute Gasteiger partial charge is 0.305 e. The predicted octanol–water partition coefficient (Wildman–Crippen LogP) is 2.05. The van der Waals surface area contributed by atoms with Crippen LogP contribution in [0, 0.1) is 0 Å². The Morgan fingerprint density at radius 1 is 0.900 bits per heavy atom. The van der Waals surface area contributed by atoms with E-state index in [0.717, 1.165) is 5.75 Å². The molecule has 0 N–H and O–H groups in total. The van der Waals surface area contributed by atoms with Crippen molar-refractivity contribution in [3.8, 4) is 5.75 Å². The molecule has 0 spiro atoms. The Morgan fingerprint density at radius 3 is 2.15 bits per heavy atom. The molecule has 5 nitrogen and oxygen atoms in total. The van der Waals surface area contributed by atoms with E-state index in [4.69, 9.17) is 18.9 Å². The molecule has 0 fully saturated rings. The Bertz CT molecular complexity index is 353. The molecular weight excluding hydrogens is 260 g/mol. The molecule has 112 valence electrons. The topological polar surface area (TPSA) is 54.0 Å². The number of para-hydroxylation sites is 1. The molecule has 0 amide bonds. The molecule has 0 aliphatic carbocycles. The standard InChI is InChI=1S/C15H22O5/c1-2-15(16)20-13-11-18-9-8-17-10-12-19-14-6-4-3-5-7-14/h3-7H,2,8-13H2,1H3. The Balaban J connectivity index is 1.82. The van der Waals surface area contributed by atoms with Crippen LogP contribution in [0.15, 0.2) is 30.3 Å². The maximum absolute atomic E-state index is 10.8. The normalized spacial score (nSPS) is 10.2. The lowest BCUT2D eigenvalue weighted by Crippen LogP contribution is -2.14. The first kappa shape index (κ1) is 16.5. The average Bonchev–Trinajstić information content (AvgIpc) is 2.50. The monoisotopic (exact) mass is 282 g/mol. The summed E-state index contributed by atoms with van der Waals surface area (Å²) in [6, 6.07) is 9.60. The van der Waals surface area contributed by atoms with Crippen LogP contribution in [0.2, 0.25) is 0 Å². The third-order valence-corrected chi connectivity index (χ3v) is 2.39. The van der Waals surface area contributed by atoms with E-state index in [2.05, 4.69) is 0 Å². The van der Waals surface area contributed by atoms with Gasteiger partial charge in [-0.1, -0.05) is 25.1 Å². The molecule has 1 aromatic carbocycles. The minimum absolute atomic E-state index is 0.206. The summed E-state index contributed by atoms with van der Waals surface area (Å²) in [6.07, 6.45) is 0.393. The largest absolute Gasteiger partial charge is 0.491 e. The van der Waals surface area contributed by atoms with Crippen molar-refractivity contribution < 1.29 is 23.7 Å². The van der Waals surface area contributed by atoms with E-state index < -0.39 is 0 Å². The van der Waals surface area contributed by atoms with E-state index in [1.807, 2.05) is 30.3 Å². The summed E-state index contributed by atoms with van der Waals surface area (Å²) in [5.41, 5.74) is 0. The number of ether oxygens (including phenoxy) is 4. The second kappa shape index (κ2) is 11.3. The Morgan fingerprint density at radius 2 is 1.50 bits per heavy atom. The van der Waals surface area contributed by atoms with Gasteiger partial charge in [-0.25, -0.2) is 0 Å². The van der Waals surface area contributed by atoms with E-state index in [-0.39, 0.29) is 5.97 Å². The lowest BCUT2D eigenvalue weighted by molar-refractivity contribution is -0.144. The van der Waals surface area contributed by atoms with E-state index in [9.17, 15) is 4.79 Å². The molecule has 0 saturated heterocycles. The Kier molecular flexibility index (Phi) is 9.26. The molecule has 0 aliphatic rings. The van der Waals surface area contributed by atoms with Crippen molar-refractivity contribution in [1.29, 1.82) is 0 Å². The molecule has 0 radical (unpaired) electrons. The van der Waals surface area contributed by atoms with Crippen molar-refractivity contribution in [3.05, 3.63) is 30.3 Å². The average molecular weight is 282 g/mol. The van der Waals surface area contributed by atoms with Crippen LogP contribution >= 0.6 is 0 Å². The van der Waals surface area contributed by atoms with Crippen LogP contribution in [0.4, 0.5) is 0 Å². The summed E-state index contributed by atoms with van der Waals surface area (Å²) in [5.74, 6) is 0.632. The van der Waals surface area contributed by atoms with Crippen molar-refractivity contribution in [2.75, 3.05) is 39.6 Å². The first-order valence-electron chi connectivity index (χ1n) is 6.82. The van der Waals surface area contributed by atoms with Crippen molar-refractivity contribution in [1.82, 2.24) is 0 Å². The fraction of sp³-hybridized carbons (Fsp3) is 0.533. The second-order valence-corrected chi connectivity index (χ2v) is 3.96. The van der Waals surface area contributed by atoms with E-state index in [1.54, 1.807) is 6.92 Å². The molecule has 0 atom stereocenters. The molecule has 0 aromatic heterocycles. The van der Waals surface area contributed by atoms with Gasteiger partial charge in [0.05, 0.1) is 26.4 Å². The highest BCUT2D eigenvalue weighted by Gasteiger charge is 1.97. The summed E-state index contributed by atoms with van der Waals surface area (Å²) < 4.78 is 20.9. The van der Waals surface area contributed by atoms with Gasteiger partial charge in [0, 0.05) is 6.42 Å². The van der Waals surface area contributed by atoms with E-state index in [1.165, 1.54) is 0 Å². The number of hydrogen-bond acceptors (Lipinski definition) is 5. The minimum atomic E-state index is -0.206. The zero-order valence-corrected chi connectivity index (χ0v) is 11.9. The lowest BCUT2D eigenvalue weighted by Gasteiger charge is -2.08. The van der Waals surface area contributed by atoms with Gasteiger partial charge < -0.3 is 18.9 Å². The maximum Gasteiger partial charge on any atom is 0.305 e. The first-order chi connectivity index (χ1) is 9.83. The van der Waals surface area contributed by atoms with Crippen molar-refractivity contribution in [2.24, 2.45) is 0 Å². The summed E-state index contributed by atoms with van der Waals surface area (Å²) >= 11 is 0. The summed E-state index contributed by atoms with van der Waals surface area (Å²) in [7, 11) is 0. The van der Waals surface area contributed by atoms with Crippen molar-refractivity contribution >= 4 is 5.97 Å². The fourth-order valence-electron chi connectivity index (χ4n) is 1.37. The summed E-state index contributed by atoms with van der Waals surface area (Å²) in [5, 5.41) is 0. The van der Waals surface area contributed by atoms with Crippen LogP contribution in [-0.2, 0) is 19.0 Å². The van der Waals surface area contributed by atoms with Crippen LogP contribution in [0.1, 0.15) is 13.3 Å². The SMILES string of the molecule is CCC(=O)OCCOCCOCCOc1ccccc1. The second-order valence-electron chi connectivity index (χ2n) is 3.96. The van der Waals surface area contributed by atoms with E-state index >= 15 is 0 Å². The Labute approximate surface area is 119 Å². The third-order valence-electron chi connectivity index (χ3n) is 2.39. The number of hydrogen-bond donors (Lipinski definition) is 0. The van der Waals surface area contributed by atoms with Crippen molar-refractivity contribution in [2.45, 2.75) is 13.3 Å². The molecule has 0 aliphatic heterocycles. The highest BCUT2D eigenvalue weighted by atomic mass is 16.6. The molecular formula is C15H22O5. The molecule has 1 aromatic rings. The van der Waals surface area contributed by atoms with Gasteiger partial charge in [-0.3, -0.25) is 4.79 Å². The lowest BCUT2D eigenvalue weighted by atomic mass is 10.3. The molecule has 0 heterocycles. The predicted molar refractivity (Wildman–Crippen MR) is 74.8 cm³/mol. The van der Waals surface area contributed by atoms with Gasteiger partial charge in [-0.05, 0) is 12.1 Å². The molecule has 5 heteroatoms. The number of carbonyl (C=O) groups is 1. The fourth-order valence-corrected chi connectivity index (χ4v) is 1.37. The third kappa shape index (κ3) is 8.50. The van der Waals surface area contributed by atoms with Crippen LogP contribution in [0.25, 0.3) is 0 Å². The van der Waals surface area contributed by atoms with E-state index in [0.29, 0.717) is 46.1 Å². The highest BCUT2D eigenvalue weighted by Crippen LogP contribution is 2.07. The van der Waals surface area contributed by atoms with Crippen LogP contribution in [0.3, 0.4) is 0 Å².